The van der Waals surface area contributed by atoms with Crippen molar-refractivity contribution in [2.75, 3.05) is 6.61 Å². The number of hydrogen-bond acceptors (Lipinski definition) is 3. The highest BCUT2D eigenvalue weighted by Crippen LogP contribution is 2.24. The van der Waals surface area contributed by atoms with Gasteiger partial charge < -0.3 is 14.9 Å². The number of carbonyl (C=O) groups is 2. The second-order valence-electron chi connectivity index (χ2n) is 3.57. The molecule has 0 heterocycles. The number of rotatable bonds is 7. The fourth-order valence-corrected chi connectivity index (χ4v) is 1.43. The van der Waals surface area contributed by atoms with Crippen molar-refractivity contribution in [1.82, 2.24) is 0 Å². The highest BCUT2D eigenvalue weighted by atomic mass is 16.5. The molecular formula is C13H14O5. The van der Waals surface area contributed by atoms with Crippen molar-refractivity contribution in [3.05, 3.63) is 42.0 Å². The summed E-state index contributed by atoms with van der Waals surface area (Å²) in [5.41, 5.74) is -0.290. The number of hydrogen-bond donors (Lipinski definition) is 2. The van der Waals surface area contributed by atoms with Gasteiger partial charge in [-0.15, -0.1) is 6.58 Å². The van der Waals surface area contributed by atoms with Crippen LogP contribution in [0, 0.1) is 0 Å². The second-order valence-corrected chi connectivity index (χ2v) is 3.57. The predicted octanol–water partition coefficient (Wildman–Crippen LogP) is 2.43. The third-order valence-electron chi connectivity index (χ3n) is 2.27. The van der Waals surface area contributed by atoms with Gasteiger partial charge in [-0.05, 0) is 25.0 Å². The fourth-order valence-electron chi connectivity index (χ4n) is 1.43. The molecule has 0 aromatic heterocycles. The first kappa shape index (κ1) is 13.8. The topological polar surface area (TPSA) is 83.8 Å². The van der Waals surface area contributed by atoms with Crippen molar-refractivity contribution in [3.63, 3.8) is 0 Å². The maximum absolute atomic E-state index is 11.0. The van der Waals surface area contributed by atoms with Gasteiger partial charge in [-0.25, -0.2) is 9.59 Å². The van der Waals surface area contributed by atoms with E-state index in [0.29, 0.717) is 6.42 Å². The molecule has 0 aliphatic carbocycles. The average molecular weight is 250 g/mol. The minimum absolute atomic E-state index is 0.0958. The van der Waals surface area contributed by atoms with E-state index in [1.165, 1.54) is 18.2 Å². The van der Waals surface area contributed by atoms with Crippen molar-refractivity contribution in [2.24, 2.45) is 0 Å². The lowest BCUT2D eigenvalue weighted by atomic mass is 10.1. The van der Waals surface area contributed by atoms with Gasteiger partial charge >= 0.3 is 11.9 Å². The van der Waals surface area contributed by atoms with Crippen molar-refractivity contribution in [3.8, 4) is 5.75 Å². The van der Waals surface area contributed by atoms with Gasteiger partial charge in [-0.2, -0.15) is 0 Å². The molecule has 0 atom stereocenters. The van der Waals surface area contributed by atoms with Crippen LogP contribution in [0.5, 0.6) is 5.75 Å². The number of allylic oxidation sites excluding steroid dienone is 1. The van der Waals surface area contributed by atoms with Crippen molar-refractivity contribution in [1.29, 1.82) is 0 Å². The van der Waals surface area contributed by atoms with E-state index in [1.807, 2.05) is 0 Å². The molecule has 0 aliphatic rings. The third-order valence-corrected chi connectivity index (χ3v) is 2.27. The summed E-state index contributed by atoms with van der Waals surface area (Å²) in [4.78, 5) is 22.0. The molecule has 2 N–H and O–H groups in total. The van der Waals surface area contributed by atoms with E-state index in [9.17, 15) is 9.59 Å². The van der Waals surface area contributed by atoms with E-state index >= 15 is 0 Å². The molecule has 0 radical (unpaired) electrons. The largest absolute Gasteiger partial charge is 0.492 e. The number of carboxylic acids is 2. The Hall–Kier alpha value is -2.30. The second kappa shape index (κ2) is 6.44. The number of aromatic carboxylic acids is 2. The summed E-state index contributed by atoms with van der Waals surface area (Å²) < 4.78 is 5.28. The monoisotopic (exact) mass is 250 g/mol. The number of ether oxygens (including phenoxy) is 1. The zero-order valence-electron chi connectivity index (χ0n) is 9.76. The lowest BCUT2D eigenvalue weighted by Crippen LogP contribution is -2.10. The Labute approximate surface area is 104 Å². The van der Waals surface area contributed by atoms with Crippen molar-refractivity contribution < 1.29 is 24.5 Å². The predicted molar refractivity (Wildman–Crippen MR) is 65.3 cm³/mol. The molecule has 0 saturated carbocycles. The normalized spacial score (nSPS) is 9.78. The quantitative estimate of drug-likeness (QED) is 0.573. The highest BCUT2D eigenvalue weighted by Gasteiger charge is 2.19. The molecule has 0 spiro atoms. The molecule has 5 nitrogen and oxygen atoms in total. The maximum Gasteiger partial charge on any atom is 0.339 e. The van der Waals surface area contributed by atoms with Crippen LogP contribution in [0.2, 0.25) is 0 Å². The van der Waals surface area contributed by atoms with Gasteiger partial charge in [0.15, 0.2) is 0 Å². The molecule has 0 fully saturated rings. The van der Waals surface area contributed by atoms with Crippen LogP contribution in [0.25, 0.3) is 0 Å². The summed E-state index contributed by atoms with van der Waals surface area (Å²) in [5.74, 6) is -2.52. The summed E-state index contributed by atoms with van der Waals surface area (Å²) in [6.07, 6.45) is 3.08. The first-order chi connectivity index (χ1) is 8.57. The van der Waals surface area contributed by atoms with Gasteiger partial charge in [0.05, 0.1) is 6.61 Å². The molecule has 96 valence electrons. The summed E-state index contributed by atoms with van der Waals surface area (Å²) in [6, 6.07) is 4.01. The molecule has 0 aliphatic heterocycles. The van der Waals surface area contributed by atoms with Gasteiger partial charge in [0.2, 0.25) is 0 Å². The van der Waals surface area contributed by atoms with Crippen LogP contribution in [0.3, 0.4) is 0 Å². The zero-order chi connectivity index (χ0) is 13.5. The molecular weight excluding hydrogens is 236 g/mol. The lowest BCUT2D eigenvalue weighted by molar-refractivity contribution is 0.0688. The number of para-hydroxylation sites is 1. The molecule has 1 aromatic carbocycles. The molecule has 1 aromatic rings. The molecule has 0 bridgehead atoms. The Bertz CT molecular complexity index is 432. The Kier molecular flexibility index (Phi) is 4.92. The van der Waals surface area contributed by atoms with E-state index in [2.05, 4.69) is 6.58 Å². The fraction of sp³-hybridized carbons (Fsp3) is 0.231. The van der Waals surface area contributed by atoms with E-state index in [-0.39, 0.29) is 23.5 Å². The molecule has 0 amide bonds. The van der Waals surface area contributed by atoms with Crippen LogP contribution in [0.15, 0.2) is 30.9 Å². The Morgan fingerprint density at radius 1 is 1.22 bits per heavy atom. The van der Waals surface area contributed by atoms with Crippen LogP contribution in [0.4, 0.5) is 0 Å². The van der Waals surface area contributed by atoms with E-state index in [0.717, 1.165) is 6.42 Å². The summed E-state index contributed by atoms with van der Waals surface area (Å²) in [5, 5.41) is 18.0. The van der Waals surface area contributed by atoms with E-state index in [4.69, 9.17) is 14.9 Å². The highest BCUT2D eigenvalue weighted by molar-refractivity contribution is 5.98. The smallest absolute Gasteiger partial charge is 0.339 e. The number of unbranched alkanes of at least 4 members (excludes halogenated alkanes) is 1. The van der Waals surface area contributed by atoms with Crippen LogP contribution in [-0.2, 0) is 0 Å². The minimum Gasteiger partial charge on any atom is -0.492 e. The van der Waals surface area contributed by atoms with Crippen LogP contribution < -0.4 is 4.74 Å². The SMILES string of the molecule is C=CCCCOc1c(C(=O)O)cccc1C(=O)O. The number of carboxylic acid groups (broad SMARTS) is 2. The zero-order valence-corrected chi connectivity index (χ0v) is 9.76. The number of benzene rings is 1. The molecule has 0 unspecified atom stereocenters. The summed E-state index contributed by atoms with van der Waals surface area (Å²) >= 11 is 0. The maximum atomic E-state index is 11.0. The first-order valence-electron chi connectivity index (χ1n) is 5.41. The van der Waals surface area contributed by atoms with Crippen molar-refractivity contribution >= 4 is 11.9 Å². The van der Waals surface area contributed by atoms with Gasteiger partial charge in [-0.1, -0.05) is 12.1 Å². The standard InChI is InChI=1S/C13H14O5/c1-2-3-4-8-18-11-9(12(14)15)6-5-7-10(11)13(16)17/h2,5-7H,1,3-4,8H2,(H,14,15)(H,16,17). The summed E-state index contributed by atoms with van der Waals surface area (Å²) in [7, 11) is 0. The lowest BCUT2D eigenvalue weighted by Gasteiger charge is -2.11. The average Bonchev–Trinajstić information content (AvgIpc) is 2.34. The van der Waals surface area contributed by atoms with E-state index in [1.54, 1.807) is 6.08 Å². The van der Waals surface area contributed by atoms with Gasteiger partial charge in [0.1, 0.15) is 16.9 Å². The Morgan fingerprint density at radius 3 is 2.22 bits per heavy atom. The first-order valence-corrected chi connectivity index (χ1v) is 5.41. The molecule has 18 heavy (non-hydrogen) atoms. The van der Waals surface area contributed by atoms with E-state index < -0.39 is 11.9 Å². The summed E-state index contributed by atoms with van der Waals surface area (Å²) in [6.45, 7) is 3.80. The van der Waals surface area contributed by atoms with Crippen LogP contribution in [-0.4, -0.2) is 28.8 Å². The third kappa shape index (κ3) is 3.35. The van der Waals surface area contributed by atoms with Crippen LogP contribution in [0.1, 0.15) is 33.6 Å². The van der Waals surface area contributed by atoms with Gasteiger partial charge in [-0.3, -0.25) is 0 Å². The Balaban J connectivity index is 2.99. The Morgan fingerprint density at radius 2 is 1.78 bits per heavy atom. The van der Waals surface area contributed by atoms with Gasteiger partial charge in [0, 0.05) is 0 Å². The van der Waals surface area contributed by atoms with Gasteiger partial charge in [0.25, 0.3) is 0 Å². The molecule has 5 heteroatoms. The van der Waals surface area contributed by atoms with Crippen LogP contribution >= 0.6 is 0 Å². The van der Waals surface area contributed by atoms with Crippen molar-refractivity contribution in [2.45, 2.75) is 12.8 Å². The molecule has 0 saturated heterocycles. The minimum atomic E-state index is -1.21. The molecule has 1 rings (SSSR count).